The number of nitrogens with one attached hydrogen (secondary N) is 1. The summed E-state index contributed by atoms with van der Waals surface area (Å²) in [5, 5.41) is 1.26. The van der Waals surface area contributed by atoms with Gasteiger partial charge in [0.05, 0.1) is 5.52 Å². The highest BCUT2D eigenvalue weighted by Gasteiger charge is 2.10. The molecule has 0 radical (unpaired) electrons. The van der Waals surface area contributed by atoms with Crippen LogP contribution < -0.4 is 0 Å². The van der Waals surface area contributed by atoms with E-state index in [1.165, 1.54) is 48.6 Å². The minimum atomic E-state index is 0.550. The molecule has 1 N–H and O–H groups in total. The highest BCUT2D eigenvalue weighted by Crippen LogP contribution is 2.21. The highest BCUT2D eigenvalue weighted by molar-refractivity contribution is 5.97. The van der Waals surface area contributed by atoms with E-state index >= 15 is 0 Å². The zero-order valence-electron chi connectivity index (χ0n) is 10.0. The Morgan fingerprint density at radius 2 is 2.00 bits per heavy atom. The molecule has 0 unspecified atom stereocenters. The number of aromatic amines is 1. The number of aliphatic imine (C=N–C) groups is 1. The van der Waals surface area contributed by atoms with Crippen LogP contribution in [0.2, 0.25) is 0 Å². The SMILES string of the molecule is C(=N\C1CCCCC1)/c1cccc2cc[nH]c12. The molecule has 2 aromatic rings. The maximum absolute atomic E-state index is 4.74. The van der Waals surface area contributed by atoms with Crippen molar-refractivity contribution in [2.24, 2.45) is 4.99 Å². The van der Waals surface area contributed by atoms with Crippen molar-refractivity contribution in [3.05, 3.63) is 36.0 Å². The summed E-state index contributed by atoms with van der Waals surface area (Å²) in [5.74, 6) is 0. The van der Waals surface area contributed by atoms with E-state index in [1.807, 2.05) is 6.20 Å². The second-order valence-corrected chi connectivity index (χ2v) is 4.86. The van der Waals surface area contributed by atoms with Gasteiger partial charge in [-0.2, -0.15) is 0 Å². The Morgan fingerprint density at radius 1 is 1.12 bits per heavy atom. The van der Waals surface area contributed by atoms with Crippen molar-refractivity contribution in [2.75, 3.05) is 0 Å². The zero-order valence-corrected chi connectivity index (χ0v) is 10.0. The monoisotopic (exact) mass is 226 g/mol. The molecular formula is C15H18N2. The lowest BCUT2D eigenvalue weighted by atomic mass is 9.96. The van der Waals surface area contributed by atoms with Crippen molar-refractivity contribution in [3.63, 3.8) is 0 Å². The molecular weight excluding hydrogens is 208 g/mol. The number of rotatable bonds is 2. The summed E-state index contributed by atoms with van der Waals surface area (Å²) in [6.45, 7) is 0. The van der Waals surface area contributed by atoms with Crippen molar-refractivity contribution in [3.8, 4) is 0 Å². The number of H-pyrrole nitrogens is 1. The number of hydrogen-bond donors (Lipinski definition) is 1. The standard InChI is InChI=1S/C15H18N2/c1-2-7-14(8-3-1)17-11-13-6-4-5-12-9-10-16-15(12)13/h4-6,9-11,14,16H,1-3,7-8H2/b17-11+. The summed E-state index contributed by atoms with van der Waals surface area (Å²) >= 11 is 0. The van der Waals surface area contributed by atoms with Gasteiger partial charge in [0.2, 0.25) is 0 Å². The van der Waals surface area contributed by atoms with E-state index in [0.29, 0.717) is 6.04 Å². The predicted octanol–water partition coefficient (Wildman–Crippen LogP) is 3.92. The highest BCUT2D eigenvalue weighted by atomic mass is 14.8. The largest absolute Gasteiger partial charge is 0.361 e. The first kappa shape index (κ1) is 10.6. The first-order valence-corrected chi connectivity index (χ1v) is 6.53. The normalized spacial score (nSPS) is 18.1. The lowest BCUT2D eigenvalue weighted by Crippen LogP contribution is -2.09. The maximum Gasteiger partial charge on any atom is 0.0542 e. The Balaban J connectivity index is 1.83. The summed E-state index contributed by atoms with van der Waals surface area (Å²) in [4.78, 5) is 8.02. The minimum Gasteiger partial charge on any atom is -0.361 e. The molecule has 88 valence electrons. The van der Waals surface area contributed by atoms with Crippen LogP contribution in [0.25, 0.3) is 10.9 Å². The summed E-state index contributed by atoms with van der Waals surface area (Å²) in [6, 6.07) is 9.01. The number of benzene rings is 1. The Labute approximate surface area is 102 Å². The van der Waals surface area contributed by atoms with Crippen LogP contribution in [-0.2, 0) is 0 Å². The van der Waals surface area contributed by atoms with Crippen LogP contribution in [0.3, 0.4) is 0 Å². The molecule has 1 aliphatic rings. The fourth-order valence-corrected chi connectivity index (χ4v) is 2.63. The van der Waals surface area contributed by atoms with Gasteiger partial charge in [0.1, 0.15) is 0 Å². The van der Waals surface area contributed by atoms with Gasteiger partial charge >= 0.3 is 0 Å². The number of aromatic nitrogens is 1. The summed E-state index contributed by atoms with van der Waals surface area (Å²) in [7, 11) is 0. The predicted molar refractivity (Wildman–Crippen MR) is 72.8 cm³/mol. The Morgan fingerprint density at radius 3 is 2.88 bits per heavy atom. The topological polar surface area (TPSA) is 28.1 Å². The van der Waals surface area contributed by atoms with E-state index < -0.39 is 0 Å². The number of nitrogens with zero attached hydrogens (tertiary/aromatic N) is 1. The van der Waals surface area contributed by atoms with Crippen LogP contribution in [0.4, 0.5) is 0 Å². The van der Waals surface area contributed by atoms with Crippen molar-refractivity contribution in [1.29, 1.82) is 0 Å². The molecule has 17 heavy (non-hydrogen) atoms. The van der Waals surface area contributed by atoms with Gasteiger partial charge in [0.15, 0.2) is 0 Å². The quantitative estimate of drug-likeness (QED) is 0.752. The molecule has 0 bridgehead atoms. The number of hydrogen-bond acceptors (Lipinski definition) is 1. The first-order chi connectivity index (χ1) is 8.43. The van der Waals surface area contributed by atoms with E-state index in [0.717, 1.165) is 0 Å². The van der Waals surface area contributed by atoms with Gasteiger partial charge in [0, 0.05) is 29.4 Å². The molecule has 3 rings (SSSR count). The van der Waals surface area contributed by atoms with Crippen LogP contribution >= 0.6 is 0 Å². The Kier molecular flexibility index (Phi) is 2.95. The molecule has 2 heteroatoms. The average Bonchev–Trinajstić information content (AvgIpc) is 2.86. The molecule has 2 nitrogen and oxygen atoms in total. The second-order valence-electron chi connectivity index (χ2n) is 4.86. The molecule has 1 aromatic heterocycles. The third-order valence-corrected chi connectivity index (χ3v) is 3.62. The summed E-state index contributed by atoms with van der Waals surface area (Å²) in [6.07, 6.45) is 10.6. The van der Waals surface area contributed by atoms with Crippen LogP contribution in [0.15, 0.2) is 35.5 Å². The number of fused-ring (bicyclic) bond motifs is 1. The van der Waals surface area contributed by atoms with Crippen LogP contribution in [0.5, 0.6) is 0 Å². The second kappa shape index (κ2) is 4.74. The fourth-order valence-electron chi connectivity index (χ4n) is 2.63. The van der Waals surface area contributed by atoms with Gasteiger partial charge in [-0.05, 0) is 18.9 Å². The molecule has 1 heterocycles. The van der Waals surface area contributed by atoms with Gasteiger partial charge in [-0.25, -0.2) is 0 Å². The lowest BCUT2D eigenvalue weighted by Gasteiger charge is -2.17. The lowest BCUT2D eigenvalue weighted by molar-refractivity contribution is 0.444. The average molecular weight is 226 g/mol. The smallest absolute Gasteiger partial charge is 0.0542 e. The van der Waals surface area contributed by atoms with Gasteiger partial charge in [0.25, 0.3) is 0 Å². The molecule has 0 aliphatic heterocycles. The molecule has 1 fully saturated rings. The van der Waals surface area contributed by atoms with E-state index in [9.17, 15) is 0 Å². The van der Waals surface area contributed by atoms with E-state index in [1.54, 1.807) is 0 Å². The van der Waals surface area contributed by atoms with Gasteiger partial charge < -0.3 is 4.98 Å². The summed E-state index contributed by atoms with van der Waals surface area (Å²) in [5.41, 5.74) is 2.41. The molecule has 0 spiro atoms. The third kappa shape index (κ3) is 2.26. The Bertz CT molecular complexity index is 518. The summed E-state index contributed by atoms with van der Waals surface area (Å²) < 4.78 is 0. The van der Waals surface area contributed by atoms with Crippen LogP contribution in [0, 0.1) is 0 Å². The van der Waals surface area contributed by atoms with Crippen molar-refractivity contribution < 1.29 is 0 Å². The van der Waals surface area contributed by atoms with Gasteiger partial charge in [-0.15, -0.1) is 0 Å². The van der Waals surface area contributed by atoms with Crippen LogP contribution in [0.1, 0.15) is 37.7 Å². The van der Waals surface area contributed by atoms with Crippen molar-refractivity contribution >= 4 is 17.1 Å². The number of para-hydroxylation sites is 1. The van der Waals surface area contributed by atoms with Crippen molar-refractivity contribution in [2.45, 2.75) is 38.1 Å². The molecule has 1 aliphatic carbocycles. The van der Waals surface area contributed by atoms with E-state index in [-0.39, 0.29) is 0 Å². The van der Waals surface area contributed by atoms with Gasteiger partial charge in [-0.1, -0.05) is 37.5 Å². The fraction of sp³-hybridized carbons (Fsp3) is 0.400. The van der Waals surface area contributed by atoms with Crippen molar-refractivity contribution in [1.82, 2.24) is 4.98 Å². The van der Waals surface area contributed by atoms with E-state index in [2.05, 4.69) is 35.5 Å². The molecule has 1 aromatic carbocycles. The third-order valence-electron chi connectivity index (χ3n) is 3.62. The zero-order chi connectivity index (χ0) is 11.5. The minimum absolute atomic E-state index is 0.550. The molecule has 0 saturated heterocycles. The Hall–Kier alpha value is -1.57. The molecule has 0 amide bonds. The van der Waals surface area contributed by atoms with E-state index in [4.69, 9.17) is 4.99 Å². The maximum atomic E-state index is 4.74. The molecule has 1 saturated carbocycles. The first-order valence-electron chi connectivity index (χ1n) is 6.53. The van der Waals surface area contributed by atoms with Gasteiger partial charge in [-0.3, -0.25) is 4.99 Å². The van der Waals surface area contributed by atoms with Crippen LogP contribution in [-0.4, -0.2) is 17.2 Å². The molecule has 0 atom stereocenters.